The van der Waals surface area contributed by atoms with Crippen molar-refractivity contribution in [3.8, 4) is 17.0 Å². The highest BCUT2D eigenvalue weighted by atomic mass is 32.1. The van der Waals surface area contributed by atoms with Gasteiger partial charge in [0.25, 0.3) is 0 Å². The van der Waals surface area contributed by atoms with Crippen LogP contribution in [0.2, 0.25) is 0 Å². The number of aryl methyl sites for hydroxylation is 1. The molecule has 106 valence electrons. The summed E-state index contributed by atoms with van der Waals surface area (Å²) < 4.78 is 5.13. The van der Waals surface area contributed by atoms with E-state index in [9.17, 15) is 4.79 Å². The number of rotatable bonds is 4. The standard InChI is InChI=1S/C14H17N3O2S/c1-8(15)13(18)17-14-16-12(9(2)20-14)10-4-6-11(19-3)7-5-10/h4-8H,15H2,1-3H3,(H,16,17,18). The van der Waals surface area contributed by atoms with E-state index in [-0.39, 0.29) is 5.91 Å². The van der Waals surface area contributed by atoms with Crippen molar-refractivity contribution < 1.29 is 9.53 Å². The van der Waals surface area contributed by atoms with Crippen LogP contribution >= 0.6 is 11.3 Å². The SMILES string of the molecule is COc1ccc(-c2nc(NC(=O)C(C)N)sc2C)cc1. The maximum absolute atomic E-state index is 11.6. The number of nitrogens with two attached hydrogens (primary N) is 1. The number of nitrogens with one attached hydrogen (secondary N) is 1. The zero-order valence-corrected chi connectivity index (χ0v) is 12.5. The van der Waals surface area contributed by atoms with Crippen LogP contribution in [-0.2, 0) is 4.79 Å². The van der Waals surface area contributed by atoms with Crippen LogP contribution in [-0.4, -0.2) is 24.0 Å². The van der Waals surface area contributed by atoms with Gasteiger partial charge in [0, 0.05) is 10.4 Å². The second-order valence-corrected chi connectivity index (χ2v) is 5.63. The lowest BCUT2D eigenvalue weighted by Gasteiger charge is -2.03. The molecule has 3 N–H and O–H groups in total. The van der Waals surface area contributed by atoms with Crippen LogP contribution in [0.5, 0.6) is 5.75 Å². The zero-order valence-electron chi connectivity index (χ0n) is 11.6. The van der Waals surface area contributed by atoms with Crippen LogP contribution < -0.4 is 15.8 Å². The topological polar surface area (TPSA) is 77.2 Å². The van der Waals surface area contributed by atoms with Crippen molar-refractivity contribution in [2.45, 2.75) is 19.9 Å². The quantitative estimate of drug-likeness (QED) is 0.907. The third-order valence-electron chi connectivity index (χ3n) is 2.80. The number of benzene rings is 1. The van der Waals surface area contributed by atoms with Crippen molar-refractivity contribution in [2.24, 2.45) is 5.73 Å². The van der Waals surface area contributed by atoms with Gasteiger partial charge in [-0.1, -0.05) is 0 Å². The van der Waals surface area contributed by atoms with Gasteiger partial charge in [0.05, 0.1) is 18.8 Å². The van der Waals surface area contributed by atoms with E-state index in [1.54, 1.807) is 14.0 Å². The monoisotopic (exact) mass is 291 g/mol. The number of carbonyl (C=O) groups is 1. The highest BCUT2D eigenvalue weighted by Gasteiger charge is 2.14. The largest absolute Gasteiger partial charge is 0.497 e. The van der Waals surface area contributed by atoms with E-state index in [2.05, 4.69) is 10.3 Å². The molecule has 1 atom stereocenters. The van der Waals surface area contributed by atoms with E-state index >= 15 is 0 Å². The van der Waals surface area contributed by atoms with E-state index in [1.807, 2.05) is 31.2 Å². The van der Waals surface area contributed by atoms with Crippen molar-refractivity contribution >= 4 is 22.4 Å². The molecule has 1 aromatic carbocycles. The molecule has 0 aliphatic carbocycles. The van der Waals surface area contributed by atoms with Gasteiger partial charge >= 0.3 is 0 Å². The lowest BCUT2D eigenvalue weighted by Crippen LogP contribution is -2.32. The number of thiazole rings is 1. The lowest BCUT2D eigenvalue weighted by molar-refractivity contribution is -0.117. The fourth-order valence-electron chi connectivity index (χ4n) is 1.69. The summed E-state index contributed by atoms with van der Waals surface area (Å²) in [5.41, 5.74) is 7.37. The minimum atomic E-state index is -0.552. The molecule has 0 fully saturated rings. The van der Waals surface area contributed by atoms with Gasteiger partial charge < -0.3 is 15.8 Å². The molecule has 5 nitrogen and oxygen atoms in total. The third kappa shape index (κ3) is 3.15. The van der Waals surface area contributed by atoms with Crippen molar-refractivity contribution in [3.63, 3.8) is 0 Å². The number of carbonyl (C=O) groups excluding carboxylic acids is 1. The summed E-state index contributed by atoms with van der Waals surface area (Å²) in [6, 6.07) is 7.10. The Morgan fingerprint density at radius 1 is 1.40 bits per heavy atom. The molecule has 2 rings (SSSR count). The molecule has 0 saturated carbocycles. The second-order valence-electron chi connectivity index (χ2n) is 4.43. The van der Waals surface area contributed by atoms with Crippen LogP contribution in [0.4, 0.5) is 5.13 Å². The van der Waals surface area contributed by atoms with E-state index in [1.165, 1.54) is 11.3 Å². The van der Waals surface area contributed by atoms with Crippen LogP contribution in [0.25, 0.3) is 11.3 Å². The Morgan fingerprint density at radius 2 is 2.05 bits per heavy atom. The fraction of sp³-hybridized carbons (Fsp3) is 0.286. The highest BCUT2D eigenvalue weighted by molar-refractivity contribution is 7.16. The Hall–Kier alpha value is -1.92. The Balaban J connectivity index is 2.24. The Labute approximate surface area is 121 Å². The predicted octanol–water partition coefficient (Wildman–Crippen LogP) is 2.41. The number of aromatic nitrogens is 1. The van der Waals surface area contributed by atoms with Gasteiger partial charge in [0.15, 0.2) is 5.13 Å². The van der Waals surface area contributed by atoms with Crippen LogP contribution in [0.15, 0.2) is 24.3 Å². The van der Waals surface area contributed by atoms with Crippen molar-refractivity contribution in [3.05, 3.63) is 29.1 Å². The number of hydrogen-bond acceptors (Lipinski definition) is 5. The van der Waals surface area contributed by atoms with Gasteiger partial charge in [-0.25, -0.2) is 4.98 Å². The first-order valence-electron chi connectivity index (χ1n) is 6.19. The number of amides is 1. The number of ether oxygens (including phenoxy) is 1. The van der Waals surface area contributed by atoms with E-state index < -0.39 is 6.04 Å². The summed E-state index contributed by atoms with van der Waals surface area (Å²) in [4.78, 5) is 17.1. The molecule has 6 heteroatoms. The maximum Gasteiger partial charge on any atom is 0.242 e. The molecular formula is C14H17N3O2S. The zero-order chi connectivity index (χ0) is 14.7. The number of nitrogens with zero attached hydrogens (tertiary/aromatic N) is 1. The smallest absolute Gasteiger partial charge is 0.242 e. The van der Waals surface area contributed by atoms with Crippen molar-refractivity contribution in [1.29, 1.82) is 0 Å². The third-order valence-corrected chi connectivity index (χ3v) is 3.69. The molecule has 0 aliphatic rings. The number of anilines is 1. The molecule has 0 aliphatic heterocycles. The van der Waals surface area contributed by atoms with Gasteiger partial charge in [0.1, 0.15) is 5.75 Å². The maximum atomic E-state index is 11.6. The van der Waals surface area contributed by atoms with E-state index in [0.717, 1.165) is 21.9 Å². The van der Waals surface area contributed by atoms with Crippen LogP contribution in [0.1, 0.15) is 11.8 Å². The Kier molecular flexibility index (Phi) is 4.36. The normalized spacial score (nSPS) is 12.0. The summed E-state index contributed by atoms with van der Waals surface area (Å²) in [6.07, 6.45) is 0. The Bertz CT molecular complexity index is 605. The number of hydrogen-bond donors (Lipinski definition) is 2. The molecule has 20 heavy (non-hydrogen) atoms. The molecule has 0 bridgehead atoms. The van der Waals surface area contributed by atoms with Crippen LogP contribution in [0, 0.1) is 6.92 Å². The van der Waals surface area contributed by atoms with Gasteiger partial charge in [-0.05, 0) is 38.1 Å². The molecule has 1 aromatic heterocycles. The first kappa shape index (κ1) is 14.5. The van der Waals surface area contributed by atoms with Gasteiger partial charge in [-0.2, -0.15) is 0 Å². The first-order chi connectivity index (χ1) is 9.51. The van der Waals surface area contributed by atoms with Crippen molar-refractivity contribution in [1.82, 2.24) is 4.98 Å². The van der Waals surface area contributed by atoms with Gasteiger partial charge in [0.2, 0.25) is 5.91 Å². The predicted molar refractivity (Wildman–Crippen MR) is 81.1 cm³/mol. The summed E-state index contributed by atoms with van der Waals surface area (Å²) in [7, 11) is 1.63. The number of methoxy groups -OCH3 is 1. The molecule has 0 radical (unpaired) electrons. The molecule has 1 heterocycles. The average molecular weight is 291 g/mol. The van der Waals surface area contributed by atoms with E-state index in [0.29, 0.717) is 5.13 Å². The minimum Gasteiger partial charge on any atom is -0.497 e. The van der Waals surface area contributed by atoms with Crippen molar-refractivity contribution in [2.75, 3.05) is 12.4 Å². The van der Waals surface area contributed by atoms with Crippen LogP contribution in [0.3, 0.4) is 0 Å². The molecule has 1 unspecified atom stereocenters. The molecule has 2 aromatic rings. The van der Waals surface area contributed by atoms with E-state index in [4.69, 9.17) is 10.5 Å². The summed E-state index contributed by atoms with van der Waals surface area (Å²) in [5.74, 6) is 0.562. The summed E-state index contributed by atoms with van der Waals surface area (Å²) in [6.45, 7) is 3.61. The molecule has 0 saturated heterocycles. The fourth-order valence-corrected chi connectivity index (χ4v) is 2.52. The lowest BCUT2D eigenvalue weighted by atomic mass is 10.1. The molecule has 0 spiro atoms. The van der Waals surface area contributed by atoms with Gasteiger partial charge in [-0.3, -0.25) is 4.79 Å². The second kappa shape index (κ2) is 6.02. The summed E-state index contributed by atoms with van der Waals surface area (Å²) in [5, 5.41) is 3.28. The highest BCUT2D eigenvalue weighted by Crippen LogP contribution is 2.31. The molecule has 1 amide bonds. The average Bonchev–Trinajstić information content (AvgIpc) is 2.79. The first-order valence-corrected chi connectivity index (χ1v) is 7.01. The summed E-state index contributed by atoms with van der Waals surface area (Å²) >= 11 is 1.44. The Morgan fingerprint density at radius 3 is 2.60 bits per heavy atom. The van der Waals surface area contributed by atoms with Gasteiger partial charge in [-0.15, -0.1) is 11.3 Å². The minimum absolute atomic E-state index is 0.236. The molecular weight excluding hydrogens is 274 g/mol.